The lowest BCUT2D eigenvalue weighted by Crippen LogP contribution is -2.22. The van der Waals surface area contributed by atoms with Crippen LogP contribution in [0.3, 0.4) is 0 Å². The molecule has 1 unspecified atom stereocenters. The first-order valence-electron chi connectivity index (χ1n) is 4.01. The summed E-state index contributed by atoms with van der Waals surface area (Å²) in [5.41, 5.74) is 5.09. The first-order chi connectivity index (χ1) is 5.58. The number of carboxylic acid groups (broad SMARTS) is 1. The Kier molecular flexibility index (Phi) is 11.5. The van der Waals surface area contributed by atoms with Crippen molar-refractivity contribution in [3.8, 4) is 0 Å². The Bertz CT molecular complexity index is 125. The molecule has 0 aliphatic rings. The Morgan fingerprint density at radius 3 is 2.25 bits per heavy atom. The van der Waals surface area contributed by atoms with Crippen molar-refractivity contribution in [1.82, 2.24) is 0 Å². The highest BCUT2D eigenvalue weighted by atomic mass is 16.4. The minimum absolute atomic E-state index is 0.0418. The van der Waals surface area contributed by atoms with Crippen molar-refractivity contribution < 1.29 is 14.7 Å². The zero-order valence-electron chi connectivity index (χ0n) is 7.62. The number of hydrogen-bond donors (Lipinski definition) is 2. The van der Waals surface area contributed by atoms with E-state index in [1.807, 2.05) is 0 Å². The summed E-state index contributed by atoms with van der Waals surface area (Å²) in [6, 6.07) is -0.624. The van der Waals surface area contributed by atoms with Crippen LogP contribution in [0.1, 0.15) is 33.1 Å². The Morgan fingerprint density at radius 2 is 2.00 bits per heavy atom. The molecule has 72 valence electrons. The van der Waals surface area contributed by atoms with Gasteiger partial charge in [0.15, 0.2) is 0 Å². The van der Waals surface area contributed by atoms with Gasteiger partial charge in [-0.25, -0.2) is 0 Å². The molecule has 0 heterocycles. The molecule has 0 bridgehead atoms. The largest absolute Gasteiger partial charge is 0.481 e. The second-order valence-electron chi connectivity index (χ2n) is 2.44. The fourth-order valence-corrected chi connectivity index (χ4v) is 0.358. The summed E-state index contributed by atoms with van der Waals surface area (Å²) in [5.74, 6) is -0.924. The highest BCUT2D eigenvalue weighted by Gasteiger charge is 2.02. The van der Waals surface area contributed by atoms with Crippen molar-refractivity contribution in [2.24, 2.45) is 5.73 Å². The van der Waals surface area contributed by atoms with Crippen LogP contribution in [0.4, 0.5) is 0 Å². The zero-order chi connectivity index (χ0) is 9.98. The van der Waals surface area contributed by atoms with E-state index in [-0.39, 0.29) is 12.8 Å². The van der Waals surface area contributed by atoms with Crippen LogP contribution >= 0.6 is 0 Å². The third kappa shape index (κ3) is 16.0. The van der Waals surface area contributed by atoms with E-state index in [2.05, 4.69) is 13.8 Å². The van der Waals surface area contributed by atoms with Gasteiger partial charge in [-0.05, 0) is 6.42 Å². The van der Waals surface area contributed by atoms with Crippen LogP contribution < -0.4 is 5.73 Å². The summed E-state index contributed by atoms with van der Waals surface area (Å²) in [5, 5.41) is 8.09. The molecule has 0 saturated heterocycles. The van der Waals surface area contributed by atoms with Gasteiger partial charge in [0.1, 0.15) is 6.29 Å². The Balaban J connectivity index is 0. The van der Waals surface area contributed by atoms with Crippen LogP contribution in [0.2, 0.25) is 0 Å². The van der Waals surface area contributed by atoms with E-state index in [9.17, 15) is 9.59 Å². The van der Waals surface area contributed by atoms with E-state index in [4.69, 9.17) is 10.8 Å². The average molecular weight is 175 g/mol. The zero-order valence-corrected chi connectivity index (χ0v) is 7.62. The first kappa shape index (κ1) is 13.7. The quantitative estimate of drug-likeness (QED) is 0.619. The lowest BCUT2D eigenvalue weighted by atomic mass is 10.2. The summed E-state index contributed by atoms with van der Waals surface area (Å²) in [4.78, 5) is 19.6. The minimum Gasteiger partial charge on any atom is -0.481 e. The predicted molar refractivity (Wildman–Crippen MR) is 46.9 cm³/mol. The number of aliphatic carboxylic acids is 1. The second-order valence-corrected chi connectivity index (χ2v) is 2.44. The van der Waals surface area contributed by atoms with Crippen molar-refractivity contribution in [2.75, 3.05) is 0 Å². The molecule has 1 atom stereocenters. The number of rotatable bonds is 4. The smallest absolute Gasteiger partial charge is 0.303 e. The second kappa shape index (κ2) is 10.1. The molecule has 4 nitrogen and oxygen atoms in total. The van der Waals surface area contributed by atoms with Crippen molar-refractivity contribution in [3.63, 3.8) is 0 Å². The highest BCUT2D eigenvalue weighted by Crippen LogP contribution is 1.90. The van der Waals surface area contributed by atoms with Crippen molar-refractivity contribution in [2.45, 2.75) is 39.2 Å². The van der Waals surface area contributed by atoms with Crippen molar-refractivity contribution in [1.29, 1.82) is 0 Å². The Morgan fingerprint density at radius 1 is 1.58 bits per heavy atom. The number of carboxylic acids is 1. The molecule has 3 N–H and O–H groups in total. The monoisotopic (exact) mass is 175 g/mol. The maximum Gasteiger partial charge on any atom is 0.303 e. The van der Waals surface area contributed by atoms with Crippen LogP contribution in [0, 0.1) is 0 Å². The van der Waals surface area contributed by atoms with Crippen molar-refractivity contribution >= 4 is 12.3 Å². The normalized spacial score (nSPS) is 10.9. The third-order valence-corrected chi connectivity index (χ3v) is 0.866. The molecule has 0 aromatic rings. The summed E-state index contributed by atoms with van der Waals surface area (Å²) < 4.78 is 0. The van der Waals surface area contributed by atoms with E-state index < -0.39 is 12.0 Å². The van der Waals surface area contributed by atoms with Gasteiger partial charge in [-0.2, -0.15) is 0 Å². The van der Waals surface area contributed by atoms with Gasteiger partial charge in [0.25, 0.3) is 0 Å². The lowest BCUT2D eigenvalue weighted by molar-refractivity contribution is -0.137. The molecule has 0 aromatic heterocycles. The van der Waals surface area contributed by atoms with Crippen LogP contribution in [-0.2, 0) is 9.59 Å². The maximum atomic E-state index is 9.85. The van der Waals surface area contributed by atoms with Gasteiger partial charge >= 0.3 is 5.97 Å². The number of carbonyl (C=O) groups is 2. The van der Waals surface area contributed by atoms with Gasteiger partial charge in [-0.15, -0.1) is 0 Å². The van der Waals surface area contributed by atoms with Gasteiger partial charge in [0, 0.05) is 6.42 Å². The predicted octanol–water partition coefficient (Wildman–Crippen LogP) is 0.794. The number of carbonyl (C=O) groups excluding carboxylic acids is 1. The molecule has 0 rings (SSSR count). The van der Waals surface area contributed by atoms with Crippen LogP contribution in [0.15, 0.2) is 0 Å². The average Bonchev–Trinajstić information content (AvgIpc) is 2.01. The third-order valence-electron chi connectivity index (χ3n) is 0.866. The van der Waals surface area contributed by atoms with Gasteiger partial charge < -0.3 is 15.6 Å². The van der Waals surface area contributed by atoms with E-state index in [1.165, 1.54) is 6.42 Å². The summed E-state index contributed by atoms with van der Waals surface area (Å²) in [6.07, 6.45) is 1.97. The lowest BCUT2D eigenvalue weighted by Gasteiger charge is -1.97. The molecule has 0 aliphatic heterocycles. The topological polar surface area (TPSA) is 80.4 Å². The Hall–Kier alpha value is -0.900. The highest BCUT2D eigenvalue weighted by molar-refractivity contribution is 5.68. The Labute approximate surface area is 72.8 Å². The summed E-state index contributed by atoms with van der Waals surface area (Å²) in [6.45, 7) is 4.25. The van der Waals surface area contributed by atoms with Gasteiger partial charge in [-0.3, -0.25) is 4.79 Å². The van der Waals surface area contributed by atoms with Gasteiger partial charge in [0.2, 0.25) is 0 Å². The first-order valence-corrected chi connectivity index (χ1v) is 4.01. The number of nitrogens with two attached hydrogens (primary N) is 1. The summed E-state index contributed by atoms with van der Waals surface area (Å²) >= 11 is 0. The minimum atomic E-state index is -0.924. The maximum absolute atomic E-state index is 9.85. The molecule has 0 amide bonds. The number of aldehydes is 1. The molecule has 12 heavy (non-hydrogen) atoms. The molecule has 4 heteroatoms. The fraction of sp³-hybridized carbons (Fsp3) is 0.750. The molecule has 0 saturated carbocycles. The molecule has 0 aliphatic carbocycles. The standard InChI is InChI=1S/C5H9NO3.C3H8/c6-4(3-7)1-2-5(8)9;1-3-2/h3-4H,1-2,6H2,(H,8,9);3H2,1-2H3. The molecule has 0 aromatic carbocycles. The summed E-state index contributed by atoms with van der Waals surface area (Å²) in [7, 11) is 0. The van der Waals surface area contributed by atoms with Gasteiger partial charge in [0.05, 0.1) is 6.04 Å². The molecule has 0 radical (unpaired) electrons. The molecule has 0 fully saturated rings. The number of hydrogen-bond acceptors (Lipinski definition) is 3. The van der Waals surface area contributed by atoms with Crippen molar-refractivity contribution in [3.05, 3.63) is 0 Å². The van der Waals surface area contributed by atoms with Gasteiger partial charge in [-0.1, -0.05) is 20.3 Å². The molecule has 0 spiro atoms. The molecular weight excluding hydrogens is 158 g/mol. The van der Waals surface area contributed by atoms with E-state index >= 15 is 0 Å². The SMILES string of the molecule is CCC.NC(C=O)CCC(=O)O. The van der Waals surface area contributed by atoms with Crippen LogP contribution in [-0.4, -0.2) is 23.4 Å². The fourth-order valence-electron chi connectivity index (χ4n) is 0.358. The van der Waals surface area contributed by atoms with E-state index in [0.29, 0.717) is 6.29 Å². The molecular formula is C8H17NO3. The van der Waals surface area contributed by atoms with E-state index in [0.717, 1.165) is 0 Å². The van der Waals surface area contributed by atoms with Crippen LogP contribution in [0.25, 0.3) is 0 Å². The van der Waals surface area contributed by atoms with E-state index in [1.54, 1.807) is 0 Å². The van der Waals surface area contributed by atoms with Crippen LogP contribution in [0.5, 0.6) is 0 Å².